The Bertz CT molecular complexity index is 822. The van der Waals surface area contributed by atoms with Gasteiger partial charge in [-0.25, -0.2) is 17.2 Å². The van der Waals surface area contributed by atoms with Crippen molar-refractivity contribution in [3.05, 3.63) is 54.0 Å². The number of rotatable bonds is 6. The highest BCUT2D eigenvalue weighted by Gasteiger charge is 2.29. The number of anilines is 1. The molecule has 0 aliphatic carbocycles. The minimum Gasteiger partial charge on any atom is -0.467 e. The van der Waals surface area contributed by atoms with Gasteiger partial charge in [0.05, 0.1) is 24.8 Å². The zero-order chi connectivity index (χ0) is 17.9. The van der Waals surface area contributed by atoms with E-state index < -0.39 is 33.6 Å². The predicted molar refractivity (Wildman–Crippen MR) is 83.7 cm³/mol. The average molecular weight is 358 g/mol. The highest BCUT2D eigenvalue weighted by molar-refractivity contribution is 7.92. The summed E-state index contributed by atoms with van der Waals surface area (Å²) in [5.41, 5.74) is -0.142. The van der Waals surface area contributed by atoms with Gasteiger partial charge in [-0.2, -0.15) is 0 Å². The van der Waals surface area contributed by atoms with Crippen LogP contribution >= 0.6 is 0 Å². The third kappa shape index (κ3) is 4.10. The van der Waals surface area contributed by atoms with Crippen molar-refractivity contribution in [2.75, 3.05) is 10.6 Å². The quantitative estimate of drug-likeness (QED) is 0.857. The maximum atomic E-state index is 13.4. The molecule has 0 aliphatic heterocycles. The molecule has 1 amide bonds. The van der Waals surface area contributed by atoms with E-state index in [-0.39, 0.29) is 12.2 Å². The molecule has 130 valence electrons. The molecule has 1 heterocycles. The van der Waals surface area contributed by atoms with Gasteiger partial charge in [-0.15, -0.1) is 0 Å². The molecule has 0 saturated heterocycles. The molecule has 2 rings (SSSR count). The Balaban J connectivity index is 2.23. The summed E-state index contributed by atoms with van der Waals surface area (Å²) in [5, 5.41) is 2.53. The van der Waals surface area contributed by atoms with E-state index in [0.717, 1.165) is 28.8 Å². The lowest BCUT2D eigenvalue weighted by molar-refractivity contribution is -0.122. The summed E-state index contributed by atoms with van der Waals surface area (Å²) < 4.78 is 56.3. The molecule has 0 spiro atoms. The highest BCUT2D eigenvalue weighted by atomic mass is 32.2. The molecule has 1 aromatic heterocycles. The Labute approximate surface area is 138 Å². The number of furan rings is 1. The predicted octanol–water partition coefficient (Wildman–Crippen LogP) is 2.03. The van der Waals surface area contributed by atoms with Gasteiger partial charge in [0, 0.05) is 6.07 Å². The van der Waals surface area contributed by atoms with Crippen LogP contribution in [0.25, 0.3) is 0 Å². The van der Waals surface area contributed by atoms with Crippen LogP contribution in [0.5, 0.6) is 0 Å². The number of hydrogen-bond acceptors (Lipinski definition) is 4. The highest BCUT2D eigenvalue weighted by Crippen LogP contribution is 2.23. The summed E-state index contributed by atoms with van der Waals surface area (Å²) in [4.78, 5) is 12.2. The molecule has 0 unspecified atom stereocenters. The second-order valence-corrected chi connectivity index (χ2v) is 6.99. The Kier molecular flexibility index (Phi) is 5.23. The van der Waals surface area contributed by atoms with Crippen LogP contribution < -0.4 is 9.62 Å². The van der Waals surface area contributed by atoms with E-state index in [0.29, 0.717) is 5.76 Å². The van der Waals surface area contributed by atoms with Crippen LogP contribution in [0.2, 0.25) is 0 Å². The number of carbonyl (C=O) groups is 1. The van der Waals surface area contributed by atoms with Crippen LogP contribution in [0.15, 0.2) is 41.0 Å². The van der Waals surface area contributed by atoms with Gasteiger partial charge in [-0.3, -0.25) is 9.10 Å². The molecule has 1 atom stereocenters. The molecular formula is C15H16F2N2O4S. The maximum Gasteiger partial charge on any atom is 0.243 e. The summed E-state index contributed by atoms with van der Waals surface area (Å²) in [7, 11) is -3.90. The van der Waals surface area contributed by atoms with Crippen LogP contribution in [-0.2, 0) is 21.4 Å². The Morgan fingerprint density at radius 3 is 2.54 bits per heavy atom. The van der Waals surface area contributed by atoms with Gasteiger partial charge >= 0.3 is 0 Å². The first-order chi connectivity index (χ1) is 11.2. The van der Waals surface area contributed by atoms with E-state index in [1.54, 1.807) is 12.1 Å². The van der Waals surface area contributed by atoms with Gasteiger partial charge in [0.2, 0.25) is 15.9 Å². The lowest BCUT2D eigenvalue weighted by atomic mass is 10.2. The normalized spacial score (nSPS) is 12.7. The molecule has 0 radical (unpaired) electrons. The lowest BCUT2D eigenvalue weighted by Gasteiger charge is -2.28. The van der Waals surface area contributed by atoms with E-state index in [1.807, 2.05) is 0 Å². The summed E-state index contributed by atoms with van der Waals surface area (Å²) in [6.07, 6.45) is 2.32. The molecule has 1 N–H and O–H groups in total. The van der Waals surface area contributed by atoms with E-state index in [1.165, 1.54) is 13.2 Å². The largest absolute Gasteiger partial charge is 0.467 e. The van der Waals surface area contributed by atoms with Gasteiger partial charge in [0.1, 0.15) is 11.8 Å². The monoisotopic (exact) mass is 358 g/mol. The summed E-state index contributed by atoms with van der Waals surface area (Å²) in [5.74, 6) is -2.43. The van der Waals surface area contributed by atoms with E-state index >= 15 is 0 Å². The molecule has 0 fully saturated rings. The first kappa shape index (κ1) is 17.9. The number of hydrogen-bond donors (Lipinski definition) is 1. The van der Waals surface area contributed by atoms with Crippen LogP contribution in [0.1, 0.15) is 12.7 Å². The van der Waals surface area contributed by atoms with E-state index in [2.05, 4.69) is 5.32 Å². The van der Waals surface area contributed by atoms with Crippen molar-refractivity contribution in [3.8, 4) is 0 Å². The molecule has 2 aromatic rings. The first-order valence-electron chi connectivity index (χ1n) is 6.94. The lowest BCUT2D eigenvalue weighted by Crippen LogP contribution is -2.47. The smallest absolute Gasteiger partial charge is 0.243 e. The fourth-order valence-electron chi connectivity index (χ4n) is 2.17. The molecule has 1 aromatic carbocycles. The number of halogens is 2. The Morgan fingerprint density at radius 1 is 1.29 bits per heavy atom. The van der Waals surface area contributed by atoms with Crippen molar-refractivity contribution >= 4 is 21.6 Å². The first-order valence-corrected chi connectivity index (χ1v) is 8.79. The third-order valence-corrected chi connectivity index (χ3v) is 4.50. The van der Waals surface area contributed by atoms with Crippen molar-refractivity contribution in [2.24, 2.45) is 0 Å². The second-order valence-electron chi connectivity index (χ2n) is 5.13. The maximum absolute atomic E-state index is 13.4. The van der Waals surface area contributed by atoms with E-state index in [4.69, 9.17) is 4.42 Å². The number of nitrogens with one attached hydrogen (secondary N) is 1. The van der Waals surface area contributed by atoms with Crippen molar-refractivity contribution in [2.45, 2.75) is 19.5 Å². The van der Waals surface area contributed by atoms with Gasteiger partial charge in [-0.1, -0.05) is 0 Å². The molecule has 0 bridgehead atoms. The van der Waals surface area contributed by atoms with Gasteiger partial charge in [0.25, 0.3) is 0 Å². The third-order valence-electron chi connectivity index (χ3n) is 3.26. The fraction of sp³-hybridized carbons (Fsp3) is 0.267. The zero-order valence-corrected chi connectivity index (χ0v) is 13.8. The number of nitrogens with zero attached hydrogens (tertiary/aromatic N) is 1. The topological polar surface area (TPSA) is 79.6 Å². The zero-order valence-electron chi connectivity index (χ0n) is 13.0. The molecule has 0 aliphatic rings. The molecule has 6 nitrogen and oxygen atoms in total. The molecular weight excluding hydrogens is 342 g/mol. The Hall–Kier alpha value is -2.42. The van der Waals surface area contributed by atoms with Gasteiger partial charge in [0.15, 0.2) is 11.6 Å². The van der Waals surface area contributed by atoms with Crippen LogP contribution in [0.3, 0.4) is 0 Å². The second kappa shape index (κ2) is 7.00. The van der Waals surface area contributed by atoms with Crippen LogP contribution in [0.4, 0.5) is 14.5 Å². The number of amides is 1. The number of carbonyl (C=O) groups excluding carboxylic acids is 1. The van der Waals surface area contributed by atoms with Crippen LogP contribution in [0, 0.1) is 11.6 Å². The minimum atomic E-state index is -3.90. The Morgan fingerprint density at radius 2 is 2.00 bits per heavy atom. The number of sulfonamides is 1. The van der Waals surface area contributed by atoms with Crippen LogP contribution in [-0.4, -0.2) is 26.6 Å². The fourth-order valence-corrected chi connectivity index (χ4v) is 3.33. The molecule has 0 saturated carbocycles. The average Bonchev–Trinajstić information content (AvgIpc) is 3.00. The summed E-state index contributed by atoms with van der Waals surface area (Å²) >= 11 is 0. The summed E-state index contributed by atoms with van der Waals surface area (Å²) in [6, 6.07) is 4.75. The standard InChI is InChI=1S/C15H16F2N2O4S/c1-10(15(20)18-9-12-4-3-7-23-12)19(24(2,21)22)11-5-6-13(16)14(17)8-11/h3-8,10H,9H2,1-2H3,(H,18,20)/t10-/m1/s1. The van der Waals surface area contributed by atoms with Crippen molar-refractivity contribution in [1.29, 1.82) is 0 Å². The molecule has 24 heavy (non-hydrogen) atoms. The van der Waals surface area contributed by atoms with Gasteiger partial charge < -0.3 is 9.73 Å². The van der Waals surface area contributed by atoms with Crippen molar-refractivity contribution in [3.63, 3.8) is 0 Å². The van der Waals surface area contributed by atoms with Gasteiger partial charge in [-0.05, 0) is 31.2 Å². The minimum absolute atomic E-state index is 0.0750. The van der Waals surface area contributed by atoms with Crippen molar-refractivity contribution in [1.82, 2.24) is 5.32 Å². The summed E-state index contributed by atoms with van der Waals surface area (Å²) in [6.45, 7) is 1.42. The number of benzene rings is 1. The van der Waals surface area contributed by atoms with E-state index in [9.17, 15) is 22.0 Å². The SMILES string of the molecule is C[C@H](C(=O)NCc1ccco1)N(c1ccc(F)c(F)c1)S(C)(=O)=O. The molecule has 9 heteroatoms. The van der Waals surface area contributed by atoms with Crippen molar-refractivity contribution < 1.29 is 26.4 Å².